The number of alkyl halides is 1. The molecule has 1 aliphatic rings. The molecule has 0 aromatic heterocycles. The first-order chi connectivity index (χ1) is 5.30. The van der Waals surface area contributed by atoms with E-state index in [0.717, 1.165) is 6.54 Å². The molecule has 3 heteroatoms. The van der Waals surface area contributed by atoms with Gasteiger partial charge in [0.2, 0.25) is 0 Å². The summed E-state index contributed by atoms with van der Waals surface area (Å²) in [5.41, 5.74) is 0. The van der Waals surface area contributed by atoms with Crippen LogP contribution in [0.2, 0.25) is 0 Å². The van der Waals surface area contributed by atoms with Crippen LogP contribution in [0.25, 0.3) is 5.32 Å². The van der Waals surface area contributed by atoms with Gasteiger partial charge in [-0.3, -0.25) is 0 Å². The standard InChI is InChI=1S/C5H9FN.2C2H6.K/c1-4-2-7-3-5(4)6;2*1-2;/h4-5H,2-3H2,1H3;2*1-2H3;/q-1;;;+1. The van der Waals surface area contributed by atoms with E-state index in [2.05, 4.69) is 5.32 Å². The fraction of sp³-hybridized carbons (Fsp3) is 1.00. The van der Waals surface area contributed by atoms with Crippen LogP contribution in [0.15, 0.2) is 0 Å². The molecule has 0 aromatic carbocycles. The largest absolute Gasteiger partial charge is 1.00 e. The number of halogens is 1. The van der Waals surface area contributed by atoms with Gasteiger partial charge < -0.3 is 5.32 Å². The fourth-order valence-corrected chi connectivity index (χ4v) is 0.696. The molecule has 1 heterocycles. The third-order valence-electron chi connectivity index (χ3n) is 1.34. The molecule has 0 N–H and O–H groups in total. The first-order valence-electron chi connectivity index (χ1n) is 4.58. The molecule has 0 saturated carbocycles. The topological polar surface area (TPSA) is 14.1 Å². The van der Waals surface area contributed by atoms with Crippen LogP contribution in [-0.4, -0.2) is 19.3 Å². The van der Waals surface area contributed by atoms with E-state index in [-0.39, 0.29) is 57.3 Å². The molecule has 0 radical (unpaired) electrons. The zero-order chi connectivity index (χ0) is 9.28. The van der Waals surface area contributed by atoms with Gasteiger partial charge in [0, 0.05) is 0 Å². The molecule has 12 heavy (non-hydrogen) atoms. The Morgan fingerprint density at radius 3 is 1.58 bits per heavy atom. The Balaban J connectivity index is -0.000000144. The number of hydrogen-bond acceptors (Lipinski definition) is 0. The molecule has 1 rings (SSSR count). The molecule has 2 unspecified atom stereocenters. The van der Waals surface area contributed by atoms with E-state index in [1.165, 1.54) is 0 Å². The van der Waals surface area contributed by atoms with E-state index >= 15 is 0 Å². The summed E-state index contributed by atoms with van der Waals surface area (Å²) in [6, 6.07) is 0. The summed E-state index contributed by atoms with van der Waals surface area (Å²) < 4.78 is 12.2. The molecule has 70 valence electrons. The molecule has 1 fully saturated rings. The van der Waals surface area contributed by atoms with Crippen LogP contribution in [0.3, 0.4) is 0 Å². The maximum atomic E-state index is 12.2. The summed E-state index contributed by atoms with van der Waals surface area (Å²) in [4.78, 5) is 0. The average Bonchev–Trinajstić information content (AvgIpc) is 2.44. The Hall–Kier alpha value is 1.53. The SMILES string of the molecule is CC.CC.CC1C[N-]CC1F.[K+]. The van der Waals surface area contributed by atoms with E-state index in [1.54, 1.807) is 0 Å². The average molecular weight is 201 g/mol. The van der Waals surface area contributed by atoms with E-state index in [4.69, 9.17) is 0 Å². The Labute approximate surface area is 119 Å². The predicted molar refractivity (Wildman–Crippen MR) is 49.8 cm³/mol. The summed E-state index contributed by atoms with van der Waals surface area (Å²) in [5.74, 6) is 0.181. The van der Waals surface area contributed by atoms with Crippen molar-refractivity contribution >= 4 is 0 Å². The minimum absolute atomic E-state index is 0. The van der Waals surface area contributed by atoms with Crippen molar-refractivity contribution in [2.24, 2.45) is 5.92 Å². The molecule has 1 saturated heterocycles. The first-order valence-corrected chi connectivity index (χ1v) is 4.58. The predicted octanol–water partition coefficient (Wildman–Crippen LogP) is 0.404. The molecule has 0 spiro atoms. The van der Waals surface area contributed by atoms with E-state index < -0.39 is 6.17 Å². The number of rotatable bonds is 0. The van der Waals surface area contributed by atoms with Crippen molar-refractivity contribution in [1.82, 2.24) is 0 Å². The quantitative estimate of drug-likeness (QED) is 0.504. The minimum Gasteiger partial charge on any atom is -0.660 e. The second-order valence-electron chi connectivity index (χ2n) is 2.08. The normalized spacial score (nSPS) is 25.5. The third kappa shape index (κ3) is 9.61. The summed E-state index contributed by atoms with van der Waals surface area (Å²) in [7, 11) is 0. The minimum atomic E-state index is -0.653. The van der Waals surface area contributed by atoms with Gasteiger partial charge in [0.05, 0.1) is 6.17 Å². The van der Waals surface area contributed by atoms with Gasteiger partial charge in [-0.2, -0.15) is 0 Å². The van der Waals surface area contributed by atoms with Crippen molar-refractivity contribution in [3.63, 3.8) is 0 Å². The smallest absolute Gasteiger partial charge is 0.660 e. The van der Waals surface area contributed by atoms with Crippen molar-refractivity contribution in [3.05, 3.63) is 5.32 Å². The summed E-state index contributed by atoms with van der Waals surface area (Å²) in [6.07, 6.45) is -0.653. The maximum absolute atomic E-state index is 12.2. The molecular weight excluding hydrogens is 180 g/mol. The van der Waals surface area contributed by atoms with Crippen molar-refractivity contribution in [2.45, 2.75) is 40.8 Å². The van der Waals surface area contributed by atoms with Gasteiger partial charge in [-0.1, -0.05) is 34.6 Å². The zero-order valence-corrected chi connectivity index (χ0v) is 12.5. The van der Waals surface area contributed by atoms with Crippen LogP contribution in [-0.2, 0) is 0 Å². The van der Waals surface area contributed by atoms with Crippen LogP contribution >= 0.6 is 0 Å². The van der Waals surface area contributed by atoms with E-state index in [0.29, 0.717) is 6.54 Å². The van der Waals surface area contributed by atoms with Crippen molar-refractivity contribution in [2.75, 3.05) is 13.1 Å². The van der Waals surface area contributed by atoms with Gasteiger partial charge in [0.25, 0.3) is 0 Å². The Morgan fingerprint density at radius 1 is 1.08 bits per heavy atom. The van der Waals surface area contributed by atoms with Crippen molar-refractivity contribution < 1.29 is 55.8 Å². The van der Waals surface area contributed by atoms with Gasteiger partial charge in [-0.15, -0.1) is 13.1 Å². The van der Waals surface area contributed by atoms with Gasteiger partial charge in [0.15, 0.2) is 0 Å². The van der Waals surface area contributed by atoms with Gasteiger partial charge in [0.1, 0.15) is 0 Å². The molecule has 2 atom stereocenters. The second-order valence-corrected chi connectivity index (χ2v) is 2.08. The molecule has 1 nitrogen and oxygen atoms in total. The van der Waals surface area contributed by atoms with E-state index in [9.17, 15) is 4.39 Å². The number of hydrogen-bond donors (Lipinski definition) is 0. The third-order valence-corrected chi connectivity index (χ3v) is 1.34. The summed E-state index contributed by atoms with van der Waals surface area (Å²) in [5, 5.41) is 3.87. The Bertz CT molecular complexity index is 63.5. The number of nitrogens with zero attached hydrogens (tertiary/aromatic N) is 1. The Morgan fingerprint density at radius 2 is 1.50 bits per heavy atom. The van der Waals surface area contributed by atoms with Gasteiger partial charge in [-0.05, 0) is 5.92 Å². The molecule has 1 aliphatic heterocycles. The molecule has 0 amide bonds. The summed E-state index contributed by atoms with van der Waals surface area (Å²) >= 11 is 0. The second kappa shape index (κ2) is 15.0. The fourth-order valence-electron chi connectivity index (χ4n) is 0.696. The van der Waals surface area contributed by atoms with Crippen LogP contribution in [0.1, 0.15) is 34.6 Å². The molecule has 0 aromatic rings. The first kappa shape index (κ1) is 19.2. The van der Waals surface area contributed by atoms with Crippen LogP contribution in [0.5, 0.6) is 0 Å². The molecule has 0 bridgehead atoms. The van der Waals surface area contributed by atoms with Crippen LogP contribution in [0.4, 0.5) is 4.39 Å². The van der Waals surface area contributed by atoms with Crippen molar-refractivity contribution in [1.29, 1.82) is 0 Å². The monoisotopic (exact) mass is 201 g/mol. The molecular formula is C9H21FKN. The zero-order valence-electron chi connectivity index (χ0n) is 9.39. The Kier molecular flexibility index (Phi) is 24.0. The van der Waals surface area contributed by atoms with Crippen molar-refractivity contribution in [3.8, 4) is 0 Å². The summed E-state index contributed by atoms with van der Waals surface area (Å²) in [6.45, 7) is 11.0. The van der Waals surface area contributed by atoms with Crippen LogP contribution in [0, 0.1) is 5.92 Å². The van der Waals surface area contributed by atoms with Gasteiger partial charge in [-0.25, -0.2) is 4.39 Å². The van der Waals surface area contributed by atoms with Crippen LogP contribution < -0.4 is 51.4 Å². The van der Waals surface area contributed by atoms with Gasteiger partial charge >= 0.3 is 51.4 Å². The molecule has 0 aliphatic carbocycles. The maximum Gasteiger partial charge on any atom is 1.00 e. The van der Waals surface area contributed by atoms with E-state index in [1.807, 2.05) is 34.6 Å².